The molecule has 1 aliphatic carbocycles. The molecule has 4 rings (SSSR count). The van der Waals surface area contributed by atoms with Crippen LogP contribution in [0.25, 0.3) is 0 Å². The Bertz CT molecular complexity index is 1330. The molecular formula is C22H21F2IN3O4S+. The van der Waals surface area contributed by atoms with Gasteiger partial charge < -0.3 is 10.1 Å². The summed E-state index contributed by atoms with van der Waals surface area (Å²) in [6.45, 7) is 0. The van der Waals surface area contributed by atoms with E-state index in [1.807, 2.05) is 22.6 Å². The number of aromatic nitrogens is 1. The molecule has 1 aromatic heterocycles. The molecule has 0 radical (unpaired) electrons. The van der Waals surface area contributed by atoms with Gasteiger partial charge in [-0.3, -0.25) is 9.36 Å². The summed E-state index contributed by atoms with van der Waals surface area (Å²) in [6.07, 6.45) is 0.383. The summed E-state index contributed by atoms with van der Waals surface area (Å²) < 4.78 is 62.0. The number of hydrogen-bond acceptors (Lipinski definition) is 4. The molecule has 0 spiro atoms. The second kappa shape index (κ2) is 9.03. The Morgan fingerprint density at radius 3 is 2.64 bits per heavy atom. The Morgan fingerprint density at radius 1 is 1.21 bits per heavy atom. The lowest BCUT2D eigenvalue weighted by atomic mass is 10.1. The Morgan fingerprint density at radius 2 is 1.97 bits per heavy atom. The van der Waals surface area contributed by atoms with Gasteiger partial charge in [-0.15, -0.1) is 0 Å². The van der Waals surface area contributed by atoms with E-state index < -0.39 is 32.8 Å². The average molecular weight is 588 g/mol. The summed E-state index contributed by atoms with van der Waals surface area (Å²) >= 11 is 1.97. The minimum Gasteiger partial charge on any atom is -0.494 e. The molecule has 33 heavy (non-hydrogen) atoms. The molecule has 3 aromatic rings. The van der Waals surface area contributed by atoms with E-state index in [-0.39, 0.29) is 28.9 Å². The third-order valence-corrected chi connectivity index (χ3v) is 7.98. The highest BCUT2D eigenvalue weighted by Gasteiger charge is 2.58. The molecular weight excluding hydrogens is 567 g/mol. The Labute approximate surface area is 203 Å². The predicted molar refractivity (Wildman–Crippen MR) is 132 cm³/mol. The van der Waals surface area contributed by atoms with Crippen LogP contribution in [0.5, 0.6) is 5.75 Å². The highest BCUT2D eigenvalue weighted by Crippen LogP contribution is 2.49. The first-order valence-corrected chi connectivity index (χ1v) is 12.5. The highest BCUT2D eigenvalue weighted by atomic mass is 127. The van der Waals surface area contributed by atoms with Gasteiger partial charge >= 0.3 is 10.4 Å². The fourth-order valence-electron chi connectivity index (χ4n) is 3.63. The van der Waals surface area contributed by atoms with Crippen molar-refractivity contribution in [2.24, 2.45) is 7.05 Å². The summed E-state index contributed by atoms with van der Waals surface area (Å²) in [6, 6.07) is 11.6. The normalized spacial score (nSPS) is 19.0. The van der Waals surface area contributed by atoms with E-state index in [0.717, 1.165) is 0 Å². The molecule has 1 saturated carbocycles. The van der Waals surface area contributed by atoms with Gasteiger partial charge in [-0.05, 0) is 62.7 Å². The summed E-state index contributed by atoms with van der Waals surface area (Å²) in [5, 5.41) is 2.16. The zero-order chi connectivity index (χ0) is 23.9. The summed E-state index contributed by atoms with van der Waals surface area (Å²) in [5.41, 5.74) is 0.291. The minimum absolute atomic E-state index is 0.0243. The molecule has 3 atom stereocenters. The third-order valence-electron chi connectivity index (χ3n) is 5.48. The largest absolute Gasteiger partial charge is 0.494 e. The first-order chi connectivity index (χ1) is 15.6. The fourth-order valence-corrected chi connectivity index (χ4v) is 5.80. The first kappa shape index (κ1) is 23.6. The summed E-state index contributed by atoms with van der Waals surface area (Å²) in [5.74, 6) is -1.18. The molecule has 1 fully saturated rings. The SMILES string of the molecule is COc1cc(=O)n(C)c(Nc2ccc(I)cc2F)c1N[S+](=O)(O)C1CC1c1cccc(F)c1. The number of ether oxygens (including phenoxy) is 1. The number of benzene rings is 2. The molecule has 2 aromatic carbocycles. The van der Waals surface area contributed by atoms with Gasteiger partial charge in [0, 0.05) is 29.0 Å². The van der Waals surface area contributed by atoms with E-state index in [9.17, 15) is 22.3 Å². The molecule has 174 valence electrons. The predicted octanol–water partition coefficient (Wildman–Crippen LogP) is 4.88. The van der Waals surface area contributed by atoms with Crippen molar-refractivity contribution in [1.29, 1.82) is 0 Å². The topological polar surface area (TPSA) is 92.6 Å². The molecule has 0 saturated heterocycles. The molecule has 3 unspecified atom stereocenters. The lowest BCUT2D eigenvalue weighted by Crippen LogP contribution is -2.29. The van der Waals surface area contributed by atoms with E-state index in [0.29, 0.717) is 15.6 Å². The molecule has 3 N–H and O–H groups in total. The second-order valence-electron chi connectivity index (χ2n) is 7.69. The lowest BCUT2D eigenvalue weighted by molar-refractivity contribution is 0.415. The van der Waals surface area contributed by atoms with Crippen LogP contribution in [0.1, 0.15) is 17.9 Å². The number of methoxy groups -OCH3 is 1. The molecule has 0 amide bonds. The van der Waals surface area contributed by atoms with Crippen LogP contribution in [0.3, 0.4) is 0 Å². The monoisotopic (exact) mass is 588 g/mol. The zero-order valence-corrected chi connectivity index (χ0v) is 20.6. The molecule has 0 bridgehead atoms. The Balaban J connectivity index is 1.70. The van der Waals surface area contributed by atoms with E-state index in [1.54, 1.807) is 18.2 Å². The van der Waals surface area contributed by atoms with Crippen molar-refractivity contribution in [2.45, 2.75) is 17.6 Å². The molecule has 1 heterocycles. The van der Waals surface area contributed by atoms with Crippen LogP contribution in [0.4, 0.5) is 26.0 Å². The number of nitrogens with one attached hydrogen (secondary N) is 2. The van der Waals surface area contributed by atoms with Crippen LogP contribution in [-0.4, -0.2) is 21.5 Å². The standard InChI is InChI=1S/C22H20F2IN3O4S/c1-28-20(29)11-18(32-2)21(22(28)26-17-7-6-14(25)9-16(17)24)27-33(30,31)19-10-15(19)12-4-3-5-13(23)8-12/h3-9,11,15,19H,10H2,1-2H3,(H2-,26,27,29,30,31)/p+1. The summed E-state index contributed by atoms with van der Waals surface area (Å²) in [7, 11) is -0.926. The minimum atomic E-state index is -3.70. The van der Waals surface area contributed by atoms with Crippen molar-refractivity contribution < 1.29 is 22.3 Å². The number of rotatable bonds is 7. The van der Waals surface area contributed by atoms with Crippen molar-refractivity contribution in [3.8, 4) is 5.75 Å². The van der Waals surface area contributed by atoms with Crippen LogP contribution in [0.15, 0.2) is 53.3 Å². The molecule has 11 heteroatoms. The van der Waals surface area contributed by atoms with Crippen molar-refractivity contribution in [1.82, 2.24) is 4.57 Å². The van der Waals surface area contributed by atoms with Crippen LogP contribution in [0, 0.1) is 15.2 Å². The number of pyridine rings is 1. The zero-order valence-electron chi connectivity index (χ0n) is 17.6. The van der Waals surface area contributed by atoms with Crippen molar-refractivity contribution >= 4 is 50.2 Å². The maximum absolute atomic E-state index is 14.5. The van der Waals surface area contributed by atoms with Crippen molar-refractivity contribution in [3.05, 3.63) is 79.7 Å². The summed E-state index contributed by atoms with van der Waals surface area (Å²) in [4.78, 5) is 12.4. The lowest BCUT2D eigenvalue weighted by Gasteiger charge is -2.19. The van der Waals surface area contributed by atoms with Gasteiger partial charge in [0.25, 0.3) is 5.56 Å². The van der Waals surface area contributed by atoms with Gasteiger partial charge in [-0.2, -0.15) is 9.27 Å². The Hall–Kier alpha value is -2.51. The highest BCUT2D eigenvalue weighted by molar-refractivity contribution is 14.1. The van der Waals surface area contributed by atoms with Gasteiger partial charge in [-0.25, -0.2) is 8.78 Å². The van der Waals surface area contributed by atoms with E-state index in [2.05, 4.69) is 10.0 Å². The molecule has 1 aliphatic rings. The third kappa shape index (κ3) is 4.89. The van der Waals surface area contributed by atoms with Crippen LogP contribution < -0.4 is 20.3 Å². The van der Waals surface area contributed by atoms with Crippen molar-refractivity contribution in [3.63, 3.8) is 0 Å². The van der Waals surface area contributed by atoms with Gasteiger partial charge in [-0.1, -0.05) is 12.1 Å². The second-order valence-corrected chi connectivity index (χ2v) is 10.9. The van der Waals surface area contributed by atoms with E-state index in [1.165, 1.54) is 49.1 Å². The quantitative estimate of drug-likeness (QED) is 0.271. The van der Waals surface area contributed by atoms with Gasteiger partial charge in [0.05, 0.1) is 12.8 Å². The van der Waals surface area contributed by atoms with Gasteiger partial charge in [0.15, 0.2) is 16.7 Å². The molecule has 7 nitrogen and oxygen atoms in total. The average Bonchev–Trinajstić information content (AvgIpc) is 3.56. The maximum atomic E-state index is 14.5. The maximum Gasteiger partial charge on any atom is 0.314 e. The Kier molecular flexibility index (Phi) is 6.47. The van der Waals surface area contributed by atoms with Crippen LogP contribution >= 0.6 is 22.6 Å². The smallest absolute Gasteiger partial charge is 0.314 e. The van der Waals surface area contributed by atoms with E-state index >= 15 is 0 Å². The van der Waals surface area contributed by atoms with Gasteiger partial charge in [0.1, 0.15) is 17.5 Å². The molecule has 0 aliphatic heterocycles. The number of anilines is 3. The number of halogens is 3. The fraction of sp³-hybridized carbons (Fsp3) is 0.227. The van der Waals surface area contributed by atoms with Gasteiger partial charge in [0.2, 0.25) is 0 Å². The van der Waals surface area contributed by atoms with E-state index in [4.69, 9.17) is 4.74 Å². The van der Waals surface area contributed by atoms with Crippen LogP contribution in [0.2, 0.25) is 0 Å². The van der Waals surface area contributed by atoms with Crippen molar-refractivity contribution in [2.75, 3.05) is 17.1 Å². The number of hydrogen-bond donors (Lipinski definition) is 3. The first-order valence-electron chi connectivity index (χ1n) is 9.89. The number of nitrogens with zero attached hydrogens (tertiary/aromatic N) is 1. The van der Waals surface area contributed by atoms with Crippen LogP contribution in [-0.2, 0) is 21.7 Å².